The van der Waals surface area contributed by atoms with Crippen molar-refractivity contribution < 1.29 is 27.7 Å². The number of allylic oxidation sites excluding steroid dienone is 1. The van der Waals surface area contributed by atoms with Gasteiger partial charge >= 0.3 is 0 Å². The number of ketones is 2. The van der Waals surface area contributed by atoms with Gasteiger partial charge in [-0.25, -0.2) is 0 Å². The van der Waals surface area contributed by atoms with Crippen LogP contribution in [0.2, 0.25) is 0 Å². The number of fused-ring (bicyclic) bond motifs is 1. The molecule has 0 unspecified atom stereocenters. The van der Waals surface area contributed by atoms with Crippen molar-refractivity contribution in [1.82, 2.24) is 0 Å². The van der Waals surface area contributed by atoms with Gasteiger partial charge in [-0.2, -0.15) is 8.42 Å². The molecule has 2 N–H and O–H groups in total. The van der Waals surface area contributed by atoms with E-state index in [0.29, 0.717) is 0 Å². The molecule has 0 aliphatic heterocycles. The van der Waals surface area contributed by atoms with E-state index in [1.807, 2.05) is 0 Å². The molecule has 0 radical (unpaired) electrons. The molecule has 0 heterocycles. The minimum atomic E-state index is -4.46. The van der Waals surface area contributed by atoms with Crippen molar-refractivity contribution >= 4 is 27.4 Å². The summed E-state index contributed by atoms with van der Waals surface area (Å²) in [4.78, 5) is 22.1. The average molecular weight is 254 g/mol. The quantitative estimate of drug-likeness (QED) is 0.561. The van der Waals surface area contributed by atoms with Crippen molar-refractivity contribution in [3.63, 3.8) is 0 Å². The topological polar surface area (TPSA) is 109 Å². The number of hydrogen-bond acceptors (Lipinski definition) is 5. The molecule has 0 aromatic heterocycles. The Bertz CT molecular complexity index is 668. The Hall–Kier alpha value is -1.99. The number of Topliss-reactive ketones (excluding diaryl/α,β-unsaturated/α-hetero) is 1. The minimum Gasteiger partial charge on any atom is -0.507 e. The smallest absolute Gasteiger partial charge is 0.294 e. The molecule has 1 aromatic rings. The van der Waals surface area contributed by atoms with E-state index in [0.717, 1.165) is 24.3 Å². The zero-order valence-electron chi connectivity index (χ0n) is 8.25. The second kappa shape index (κ2) is 3.51. The van der Waals surface area contributed by atoms with Gasteiger partial charge < -0.3 is 5.11 Å². The highest BCUT2D eigenvalue weighted by Gasteiger charge is 2.27. The zero-order valence-corrected chi connectivity index (χ0v) is 9.06. The number of aliphatic hydroxyl groups is 1. The number of aliphatic hydroxyl groups excluding tert-OH is 1. The van der Waals surface area contributed by atoms with Crippen molar-refractivity contribution in [1.29, 1.82) is 0 Å². The normalized spacial score (nSPS) is 15.5. The van der Waals surface area contributed by atoms with Gasteiger partial charge in [0.1, 0.15) is 5.76 Å². The zero-order chi connectivity index (χ0) is 12.8. The van der Waals surface area contributed by atoms with Gasteiger partial charge in [0, 0.05) is 17.2 Å². The Morgan fingerprint density at radius 2 is 1.71 bits per heavy atom. The first-order chi connectivity index (χ1) is 7.80. The number of benzene rings is 1. The van der Waals surface area contributed by atoms with Crippen LogP contribution in [0.5, 0.6) is 0 Å². The molecule has 0 bridgehead atoms. The van der Waals surface area contributed by atoms with E-state index in [-0.39, 0.29) is 11.1 Å². The fraction of sp³-hybridized carbons (Fsp3) is 0. The highest BCUT2D eigenvalue weighted by molar-refractivity contribution is 7.85. The first-order valence-corrected chi connectivity index (χ1v) is 5.86. The maximum atomic E-state index is 11.5. The van der Waals surface area contributed by atoms with Crippen LogP contribution in [-0.2, 0) is 14.9 Å². The van der Waals surface area contributed by atoms with Crippen LogP contribution in [-0.4, -0.2) is 29.6 Å². The maximum Gasteiger partial charge on any atom is 0.294 e. The lowest BCUT2D eigenvalue weighted by molar-refractivity contribution is -0.111. The van der Waals surface area contributed by atoms with Gasteiger partial charge in [-0.15, -0.1) is 0 Å². The molecule has 1 aliphatic carbocycles. The third kappa shape index (κ3) is 1.85. The molecule has 7 heteroatoms. The number of rotatable bonds is 1. The van der Waals surface area contributed by atoms with Crippen molar-refractivity contribution in [2.75, 3.05) is 0 Å². The van der Waals surface area contributed by atoms with Crippen molar-refractivity contribution in [3.8, 4) is 0 Å². The number of hydrogen-bond donors (Lipinski definition) is 2. The second-order valence-electron chi connectivity index (χ2n) is 3.41. The molecule has 88 valence electrons. The van der Waals surface area contributed by atoms with Gasteiger partial charge in [-0.3, -0.25) is 14.1 Å². The predicted octanol–water partition coefficient (Wildman–Crippen LogP) is 0.598. The van der Waals surface area contributed by atoms with E-state index in [9.17, 15) is 23.1 Å². The molecule has 0 amide bonds. The lowest BCUT2D eigenvalue weighted by atomic mass is 9.94. The van der Waals surface area contributed by atoms with Crippen LogP contribution in [0.3, 0.4) is 0 Å². The highest BCUT2D eigenvalue weighted by Crippen LogP contribution is 2.25. The van der Waals surface area contributed by atoms with E-state index < -0.39 is 32.3 Å². The molecular weight excluding hydrogens is 248 g/mol. The summed E-state index contributed by atoms with van der Waals surface area (Å²) in [5, 5.41) is 9.42. The van der Waals surface area contributed by atoms with Gasteiger partial charge in [0.25, 0.3) is 10.1 Å². The van der Waals surface area contributed by atoms with Crippen LogP contribution in [0, 0.1) is 0 Å². The Kier molecular flexibility index (Phi) is 2.37. The molecular formula is C10H6O6S. The molecule has 0 saturated heterocycles. The van der Waals surface area contributed by atoms with Gasteiger partial charge in [-0.05, 0) is 18.2 Å². The maximum absolute atomic E-state index is 11.5. The minimum absolute atomic E-state index is 0.0574. The van der Waals surface area contributed by atoms with Gasteiger partial charge in [0.05, 0.1) is 4.90 Å². The summed E-state index contributed by atoms with van der Waals surface area (Å²) in [5.74, 6) is -2.28. The Balaban J connectivity index is 2.73. The largest absolute Gasteiger partial charge is 0.507 e. The van der Waals surface area contributed by atoms with E-state index in [1.54, 1.807) is 0 Å². The van der Waals surface area contributed by atoms with Crippen molar-refractivity contribution in [3.05, 3.63) is 35.4 Å². The number of carbonyl (C=O) groups is 2. The SMILES string of the molecule is O=C1C=C(O)c2ccc(S(=O)(=O)O)cc2C1=O. The monoisotopic (exact) mass is 254 g/mol. The molecule has 17 heavy (non-hydrogen) atoms. The van der Waals surface area contributed by atoms with Crippen LogP contribution in [0.25, 0.3) is 5.76 Å². The van der Waals surface area contributed by atoms with Gasteiger partial charge in [0.15, 0.2) is 0 Å². The average Bonchev–Trinajstić information content (AvgIpc) is 2.24. The highest BCUT2D eigenvalue weighted by atomic mass is 32.2. The lowest BCUT2D eigenvalue weighted by Crippen LogP contribution is -2.19. The Morgan fingerprint density at radius 1 is 1.06 bits per heavy atom. The third-order valence-electron chi connectivity index (χ3n) is 2.30. The summed E-state index contributed by atoms with van der Waals surface area (Å²) in [6, 6.07) is 3.03. The first kappa shape index (κ1) is 11.5. The number of carbonyl (C=O) groups excluding carboxylic acids is 2. The molecule has 0 atom stereocenters. The molecule has 2 rings (SSSR count). The summed E-state index contributed by atoms with van der Waals surface area (Å²) in [6.45, 7) is 0. The Morgan fingerprint density at radius 3 is 2.29 bits per heavy atom. The van der Waals surface area contributed by atoms with Crippen molar-refractivity contribution in [2.45, 2.75) is 4.90 Å². The van der Waals surface area contributed by atoms with Gasteiger partial charge in [-0.1, -0.05) is 0 Å². The third-order valence-corrected chi connectivity index (χ3v) is 3.15. The molecule has 1 aromatic carbocycles. The molecule has 0 fully saturated rings. The van der Waals surface area contributed by atoms with Gasteiger partial charge in [0.2, 0.25) is 11.6 Å². The standard InChI is InChI=1S/C10H6O6S/c11-8-4-9(12)10(13)7-3-5(17(14,15)16)1-2-6(7)8/h1-4,11H,(H,14,15,16). The van der Waals surface area contributed by atoms with Crippen LogP contribution < -0.4 is 0 Å². The van der Waals surface area contributed by atoms with E-state index in [4.69, 9.17) is 4.55 Å². The summed E-state index contributed by atoms with van der Waals surface area (Å²) in [7, 11) is -4.46. The van der Waals surface area contributed by atoms with Crippen LogP contribution in [0.15, 0.2) is 29.2 Å². The van der Waals surface area contributed by atoms with E-state index in [1.165, 1.54) is 0 Å². The molecule has 0 spiro atoms. The van der Waals surface area contributed by atoms with Crippen LogP contribution in [0.1, 0.15) is 15.9 Å². The van der Waals surface area contributed by atoms with E-state index in [2.05, 4.69) is 0 Å². The Labute approximate surface area is 95.9 Å². The van der Waals surface area contributed by atoms with Crippen LogP contribution in [0.4, 0.5) is 0 Å². The summed E-state index contributed by atoms with van der Waals surface area (Å²) >= 11 is 0. The molecule has 0 saturated carbocycles. The predicted molar refractivity (Wildman–Crippen MR) is 56.2 cm³/mol. The second-order valence-corrected chi connectivity index (χ2v) is 4.83. The van der Waals surface area contributed by atoms with E-state index >= 15 is 0 Å². The molecule has 1 aliphatic rings. The van der Waals surface area contributed by atoms with Crippen molar-refractivity contribution in [2.24, 2.45) is 0 Å². The lowest BCUT2D eigenvalue weighted by Gasteiger charge is -2.12. The fourth-order valence-corrected chi connectivity index (χ4v) is 2.00. The summed E-state index contributed by atoms with van der Waals surface area (Å²) in [6.07, 6.45) is 0.762. The molecule has 6 nitrogen and oxygen atoms in total. The fourth-order valence-electron chi connectivity index (χ4n) is 1.50. The summed E-state index contributed by atoms with van der Waals surface area (Å²) < 4.78 is 30.5. The van der Waals surface area contributed by atoms with Crippen LogP contribution >= 0.6 is 0 Å². The summed E-state index contributed by atoms with van der Waals surface area (Å²) in [5.41, 5.74) is -0.188. The first-order valence-electron chi connectivity index (χ1n) is 4.42.